The Balaban J connectivity index is 1.43. The maximum absolute atomic E-state index is 15.7. The number of ether oxygens (including phenoxy) is 1. The molecule has 0 aromatic heterocycles. The smallest absolute Gasteiger partial charge is 0.254 e. The van der Waals surface area contributed by atoms with Crippen LogP contribution in [0.15, 0.2) is 36.4 Å². The van der Waals surface area contributed by atoms with Crippen LogP contribution in [0.2, 0.25) is 5.02 Å². The highest BCUT2D eigenvalue weighted by Gasteiger charge is 2.38. The van der Waals surface area contributed by atoms with E-state index in [0.29, 0.717) is 40.2 Å². The molecule has 2 amide bonds. The highest BCUT2D eigenvalue weighted by molar-refractivity contribution is 6.31. The first kappa shape index (κ1) is 26.1. The third-order valence-corrected chi connectivity index (χ3v) is 7.51. The van der Waals surface area contributed by atoms with Gasteiger partial charge in [-0.05, 0) is 60.2 Å². The molecule has 2 heterocycles. The number of nitrogens with one attached hydrogen (secondary N) is 1. The molecule has 2 aromatic carbocycles. The fourth-order valence-electron chi connectivity index (χ4n) is 4.92. The summed E-state index contributed by atoms with van der Waals surface area (Å²) in [5.74, 6) is -0.343. The van der Waals surface area contributed by atoms with Crippen molar-refractivity contribution in [2.75, 3.05) is 26.2 Å². The molecule has 6 nitrogen and oxygen atoms in total. The number of nitrogens with zero attached hydrogens (tertiary/aromatic N) is 2. The van der Waals surface area contributed by atoms with Crippen LogP contribution in [0, 0.1) is 11.3 Å². The van der Waals surface area contributed by atoms with Gasteiger partial charge in [0.1, 0.15) is 5.67 Å². The Labute approximate surface area is 216 Å². The average Bonchev–Trinajstić information content (AvgIpc) is 3.42. The molecule has 0 saturated carbocycles. The minimum atomic E-state index is -1.54. The van der Waals surface area contributed by atoms with E-state index in [9.17, 15) is 9.59 Å². The van der Waals surface area contributed by atoms with E-state index in [1.165, 1.54) is 0 Å². The van der Waals surface area contributed by atoms with E-state index < -0.39 is 5.67 Å². The maximum Gasteiger partial charge on any atom is 0.254 e. The molecule has 0 spiro atoms. The third-order valence-electron chi connectivity index (χ3n) is 7.16. The first-order valence-corrected chi connectivity index (χ1v) is 12.9. The van der Waals surface area contributed by atoms with Gasteiger partial charge in [-0.3, -0.25) is 9.59 Å². The van der Waals surface area contributed by atoms with Crippen LogP contribution in [0.4, 0.5) is 4.39 Å². The lowest BCUT2D eigenvalue weighted by Gasteiger charge is -2.37. The van der Waals surface area contributed by atoms with Crippen LogP contribution in [0.5, 0.6) is 0 Å². The van der Waals surface area contributed by atoms with E-state index in [2.05, 4.69) is 5.32 Å². The zero-order valence-electron chi connectivity index (χ0n) is 20.5. The molecule has 8 heteroatoms. The molecule has 36 heavy (non-hydrogen) atoms. The van der Waals surface area contributed by atoms with Crippen molar-refractivity contribution in [3.8, 4) is 6.07 Å². The number of alkyl halides is 1. The highest BCUT2D eigenvalue weighted by atomic mass is 35.5. The number of carbonyl (C=O) groups excluding carboxylic acids is 2. The molecule has 0 bridgehead atoms. The van der Waals surface area contributed by atoms with E-state index >= 15 is 4.39 Å². The van der Waals surface area contributed by atoms with Crippen LogP contribution < -0.4 is 5.32 Å². The molecule has 0 aliphatic carbocycles. The molecular formula is C28H31ClFN3O3. The lowest BCUT2D eigenvalue weighted by atomic mass is 9.85. The summed E-state index contributed by atoms with van der Waals surface area (Å²) in [7, 11) is 0. The van der Waals surface area contributed by atoms with Crippen molar-refractivity contribution >= 4 is 23.4 Å². The van der Waals surface area contributed by atoms with Gasteiger partial charge < -0.3 is 15.0 Å². The first-order valence-electron chi connectivity index (χ1n) is 12.5. The van der Waals surface area contributed by atoms with Gasteiger partial charge in [-0.1, -0.05) is 30.7 Å². The van der Waals surface area contributed by atoms with E-state index in [0.717, 1.165) is 25.0 Å². The van der Waals surface area contributed by atoms with E-state index in [-0.39, 0.29) is 50.3 Å². The van der Waals surface area contributed by atoms with Crippen LogP contribution in [0.25, 0.3) is 0 Å². The Morgan fingerprint density at radius 2 is 1.94 bits per heavy atom. The van der Waals surface area contributed by atoms with Gasteiger partial charge in [-0.2, -0.15) is 5.26 Å². The summed E-state index contributed by atoms with van der Waals surface area (Å²) in [4.78, 5) is 27.7. The van der Waals surface area contributed by atoms with Gasteiger partial charge in [0.05, 0.1) is 24.2 Å². The van der Waals surface area contributed by atoms with Crippen LogP contribution in [0.3, 0.4) is 0 Å². The number of carbonyl (C=O) groups is 2. The Bertz CT molecular complexity index is 1150. The second-order valence-electron chi connectivity index (χ2n) is 9.52. The number of halogens is 2. The van der Waals surface area contributed by atoms with Crippen LogP contribution >= 0.6 is 11.6 Å². The van der Waals surface area contributed by atoms with Crippen molar-refractivity contribution in [2.45, 2.75) is 57.2 Å². The molecule has 2 saturated heterocycles. The van der Waals surface area contributed by atoms with Gasteiger partial charge >= 0.3 is 0 Å². The molecule has 190 valence electrons. The van der Waals surface area contributed by atoms with Crippen molar-refractivity contribution < 1.29 is 18.7 Å². The number of benzene rings is 2. The number of hydrogen-bond acceptors (Lipinski definition) is 4. The van der Waals surface area contributed by atoms with E-state index in [4.69, 9.17) is 21.6 Å². The SMILES string of the molecule is CCc1cc(Cl)c(CC(=O)NC[C@H]2CCCO2)cc1C(=O)N1CCC(F)(c2ccc(C#N)cc2)CC1. The summed E-state index contributed by atoms with van der Waals surface area (Å²) in [6, 6.07) is 12.1. The number of hydrogen-bond donors (Lipinski definition) is 1. The van der Waals surface area contributed by atoms with Crippen molar-refractivity contribution in [2.24, 2.45) is 0 Å². The summed E-state index contributed by atoms with van der Waals surface area (Å²) in [6.07, 6.45) is 3.03. The topological polar surface area (TPSA) is 82.4 Å². The lowest BCUT2D eigenvalue weighted by molar-refractivity contribution is -0.120. The summed E-state index contributed by atoms with van der Waals surface area (Å²) in [5.41, 5.74) is 1.39. The van der Waals surface area contributed by atoms with Crippen LogP contribution in [0.1, 0.15) is 65.2 Å². The second kappa shape index (κ2) is 11.4. The van der Waals surface area contributed by atoms with Crippen molar-refractivity contribution in [3.05, 3.63) is 69.2 Å². The number of amides is 2. The number of likely N-dealkylation sites (tertiary alicyclic amines) is 1. The molecular weight excluding hydrogens is 481 g/mol. The van der Waals surface area contributed by atoms with E-state index in [1.54, 1.807) is 41.3 Å². The Kier molecular flexibility index (Phi) is 8.28. The average molecular weight is 512 g/mol. The lowest BCUT2D eigenvalue weighted by Crippen LogP contribution is -2.43. The monoisotopic (exact) mass is 511 g/mol. The largest absolute Gasteiger partial charge is 0.376 e. The third kappa shape index (κ3) is 5.88. The molecule has 2 fully saturated rings. The number of aryl methyl sites for hydroxylation is 1. The van der Waals surface area contributed by atoms with Crippen molar-refractivity contribution in [1.29, 1.82) is 5.26 Å². The molecule has 0 radical (unpaired) electrons. The quantitative estimate of drug-likeness (QED) is 0.583. The fraction of sp³-hybridized carbons (Fsp3) is 0.464. The van der Waals surface area contributed by atoms with Gasteiger partial charge in [0.2, 0.25) is 5.91 Å². The highest BCUT2D eigenvalue weighted by Crippen LogP contribution is 2.37. The summed E-state index contributed by atoms with van der Waals surface area (Å²) in [5, 5.41) is 12.3. The maximum atomic E-state index is 15.7. The number of nitriles is 1. The Hall–Kier alpha value is -2.95. The minimum Gasteiger partial charge on any atom is -0.376 e. The van der Waals surface area contributed by atoms with E-state index in [1.807, 2.05) is 13.0 Å². The van der Waals surface area contributed by atoms with Crippen LogP contribution in [-0.2, 0) is 28.0 Å². The Morgan fingerprint density at radius 3 is 2.56 bits per heavy atom. The van der Waals surface area contributed by atoms with Gasteiger partial charge in [-0.25, -0.2) is 4.39 Å². The van der Waals surface area contributed by atoms with Gasteiger partial charge in [-0.15, -0.1) is 0 Å². The normalized spacial score (nSPS) is 19.1. The zero-order chi connectivity index (χ0) is 25.7. The Morgan fingerprint density at radius 1 is 1.22 bits per heavy atom. The molecule has 2 aromatic rings. The number of rotatable bonds is 7. The predicted molar refractivity (Wildman–Crippen MR) is 136 cm³/mol. The van der Waals surface area contributed by atoms with Crippen molar-refractivity contribution in [3.63, 3.8) is 0 Å². The first-order chi connectivity index (χ1) is 17.3. The van der Waals surface area contributed by atoms with Gasteiger partial charge in [0.15, 0.2) is 0 Å². The summed E-state index contributed by atoms with van der Waals surface area (Å²) in [6.45, 7) is 3.69. The van der Waals surface area contributed by atoms with Crippen LogP contribution in [-0.4, -0.2) is 49.1 Å². The molecule has 1 N–H and O–H groups in total. The molecule has 4 rings (SSSR count). The molecule has 0 unspecified atom stereocenters. The molecule has 2 aliphatic rings. The summed E-state index contributed by atoms with van der Waals surface area (Å²) >= 11 is 6.47. The zero-order valence-corrected chi connectivity index (χ0v) is 21.2. The predicted octanol–water partition coefficient (Wildman–Crippen LogP) is 4.71. The molecule has 2 aliphatic heterocycles. The number of piperidine rings is 1. The summed E-state index contributed by atoms with van der Waals surface area (Å²) < 4.78 is 21.2. The second-order valence-corrected chi connectivity index (χ2v) is 9.92. The standard InChI is InChI=1S/C28H31ClFN3O3/c1-2-20-15-25(29)21(16-26(34)32-18-23-4-3-13-36-23)14-24(20)27(35)33-11-9-28(30,10-12-33)22-7-5-19(17-31)6-8-22/h5-8,14-15,23H,2-4,9-13,16,18H2,1H3,(H,32,34)/t23-/m1/s1. The van der Waals surface area contributed by atoms with Crippen molar-refractivity contribution in [1.82, 2.24) is 10.2 Å². The molecule has 1 atom stereocenters. The van der Waals surface area contributed by atoms with Gasteiger partial charge in [0, 0.05) is 49.7 Å². The minimum absolute atomic E-state index is 0.0510. The fourth-order valence-corrected chi connectivity index (χ4v) is 5.17. The van der Waals surface area contributed by atoms with Gasteiger partial charge in [0.25, 0.3) is 5.91 Å².